The van der Waals surface area contributed by atoms with E-state index in [1.165, 1.54) is 0 Å². The van der Waals surface area contributed by atoms with Crippen molar-refractivity contribution in [1.82, 2.24) is 0 Å². The molecule has 0 heterocycles. The molecule has 0 bridgehead atoms. The number of carbonyl (C=O) groups is 1. The highest BCUT2D eigenvalue weighted by molar-refractivity contribution is 9.10. The third-order valence-corrected chi connectivity index (χ3v) is 3.20. The van der Waals surface area contributed by atoms with Crippen LogP contribution in [0.5, 0.6) is 11.5 Å². The topological polar surface area (TPSA) is 35.5 Å². The number of hydrogen-bond donors (Lipinski definition) is 0. The van der Waals surface area contributed by atoms with Gasteiger partial charge in [-0.1, -0.05) is 40.2 Å². The van der Waals surface area contributed by atoms with Crippen molar-refractivity contribution in [3.63, 3.8) is 0 Å². The first-order valence-electron chi connectivity index (χ1n) is 6.34. The largest absolute Gasteiger partial charge is 0.490 e. The normalized spacial score (nSPS) is 10.1. The van der Waals surface area contributed by atoms with Crippen molar-refractivity contribution in [1.29, 1.82) is 0 Å². The highest BCUT2D eigenvalue weighted by Gasteiger charge is 2.09. The molecule has 0 saturated carbocycles. The molecule has 20 heavy (non-hydrogen) atoms. The van der Waals surface area contributed by atoms with Crippen LogP contribution in [0, 0.1) is 0 Å². The molecule has 4 heteroatoms. The van der Waals surface area contributed by atoms with Gasteiger partial charge in [-0.25, -0.2) is 0 Å². The highest BCUT2D eigenvalue weighted by Crippen LogP contribution is 2.26. The minimum atomic E-state index is -0.0659. The number of Topliss-reactive ketones (excluding diaryl/α,β-unsaturated/α-hetero) is 1. The number of hydrogen-bond acceptors (Lipinski definition) is 3. The quantitative estimate of drug-likeness (QED) is 0.746. The molecular weight excluding hydrogens is 320 g/mol. The van der Waals surface area contributed by atoms with E-state index in [1.54, 1.807) is 18.2 Å². The molecular formula is C16H15BrO3. The summed E-state index contributed by atoms with van der Waals surface area (Å²) in [5.74, 6) is 1.17. The van der Waals surface area contributed by atoms with Crippen LogP contribution < -0.4 is 9.47 Å². The standard InChI is InChI=1S/C16H15BrO3/c1-2-19-15-5-3-4-6-16(15)20-11-14(18)12-7-9-13(17)10-8-12/h3-10H,2,11H2,1H3. The Morgan fingerprint density at radius 1 is 1.00 bits per heavy atom. The average Bonchev–Trinajstić information content (AvgIpc) is 2.47. The number of para-hydroxylation sites is 2. The first kappa shape index (κ1) is 14.6. The van der Waals surface area contributed by atoms with Gasteiger partial charge in [-0.05, 0) is 31.2 Å². The predicted octanol–water partition coefficient (Wildman–Crippen LogP) is 4.11. The fraction of sp³-hybridized carbons (Fsp3) is 0.188. The summed E-state index contributed by atoms with van der Waals surface area (Å²) in [6.07, 6.45) is 0. The maximum absolute atomic E-state index is 12.0. The van der Waals surface area contributed by atoms with Gasteiger partial charge in [0.2, 0.25) is 0 Å². The van der Waals surface area contributed by atoms with E-state index in [4.69, 9.17) is 9.47 Å². The number of benzene rings is 2. The van der Waals surface area contributed by atoms with E-state index in [9.17, 15) is 4.79 Å². The molecule has 0 N–H and O–H groups in total. The smallest absolute Gasteiger partial charge is 0.200 e. The zero-order valence-electron chi connectivity index (χ0n) is 11.1. The van der Waals surface area contributed by atoms with Crippen molar-refractivity contribution in [2.45, 2.75) is 6.92 Å². The first-order valence-corrected chi connectivity index (χ1v) is 7.13. The summed E-state index contributed by atoms with van der Waals surface area (Å²) in [7, 11) is 0. The van der Waals surface area contributed by atoms with Crippen LogP contribution in [0.3, 0.4) is 0 Å². The first-order chi connectivity index (χ1) is 9.70. The van der Waals surface area contributed by atoms with Gasteiger partial charge in [0.1, 0.15) is 0 Å². The van der Waals surface area contributed by atoms with Crippen molar-refractivity contribution in [3.05, 3.63) is 58.6 Å². The van der Waals surface area contributed by atoms with Crippen LogP contribution in [-0.2, 0) is 0 Å². The SMILES string of the molecule is CCOc1ccccc1OCC(=O)c1ccc(Br)cc1. The van der Waals surface area contributed by atoms with E-state index in [1.807, 2.05) is 37.3 Å². The van der Waals surface area contributed by atoms with Crippen LogP contribution in [0.2, 0.25) is 0 Å². The highest BCUT2D eigenvalue weighted by atomic mass is 79.9. The molecule has 0 unspecified atom stereocenters. The van der Waals surface area contributed by atoms with Crippen molar-refractivity contribution in [2.24, 2.45) is 0 Å². The summed E-state index contributed by atoms with van der Waals surface area (Å²) in [5, 5.41) is 0. The van der Waals surface area contributed by atoms with Gasteiger partial charge >= 0.3 is 0 Å². The molecule has 0 aromatic heterocycles. The molecule has 0 aliphatic carbocycles. The van der Waals surface area contributed by atoms with Crippen LogP contribution in [0.25, 0.3) is 0 Å². The zero-order valence-corrected chi connectivity index (χ0v) is 12.7. The van der Waals surface area contributed by atoms with Gasteiger partial charge in [-0.15, -0.1) is 0 Å². The van der Waals surface area contributed by atoms with Crippen LogP contribution in [0.1, 0.15) is 17.3 Å². The molecule has 0 saturated heterocycles. The lowest BCUT2D eigenvalue weighted by Crippen LogP contribution is -2.12. The van der Waals surface area contributed by atoms with E-state index in [0.29, 0.717) is 23.7 Å². The fourth-order valence-electron chi connectivity index (χ4n) is 1.71. The van der Waals surface area contributed by atoms with E-state index in [2.05, 4.69) is 15.9 Å². The summed E-state index contributed by atoms with van der Waals surface area (Å²) in [5.41, 5.74) is 0.627. The van der Waals surface area contributed by atoms with Crippen LogP contribution >= 0.6 is 15.9 Å². The number of carbonyl (C=O) groups excluding carboxylic acids is 1. The van der Waals surface area contributed by atoms with E-state index < -0.39 is 0 Å². The molecule has 3 nitrogen and oxygen atoms in total. The summed E-state index contributed by atoms with van der Waals surface area (Å²) >= 11 is 3.34. The van der Waals surface area contributed by atoms with Crippen molar-refractivity contribution in [3.8, 4) is 11.5 Å². The van der Waals surface area contributed by atoms with E-state index >= 15 is 0 Å². The third kappa shape index (κ3) is 3.84. The molecule has 2 aromatic carbocycles. The number of rotatable bonds is 6. The summed E-state index contributed by atoms with van der Waals surface area (Å²) in [4.78, 5) is 12.0. The van der Waals surface area contributed by atoms with Crippen LogP contribution in [0.15, 0.2) is 53.0 Å². The fourth-order valence-corrected chi connectivity index (χ4v) is 1.97. The number of ether oxygens (including phenoxy) is 2. The molecule has 0 fully saturated rings. The summed E-state index contributed by atoms with van der Waals surface area (Å²) in [6.45, 7) is 2.45. The Balaban J connectivity index is 2.01. The van der Waals surface area contributed by atoms with Crippen LogP contribution in [-0.4, -0.2) is 19.0 Å². The molecule has 0 amide bonds. The molecule has 0 aliphatic heterocycles. The lowest BCUT2D eigenvalue weighted by molar-refractivity contribution is 0.0919. The number of ketones is 1. The van der Waals surface area contributed by atoms with Crippen molar-refractivity contribution < 1.29 is 14.3 Å². The maximum Gasteiger partial charge on any atom is 0.200 e. The lowest BCUT2D eigenvalue weighted by atomic mass is 10.1. The molecule has 2 rings (SSSR count). The Bertz CT molecular complexity index is 579. The molecule has 0 atom stereocenters. The Kier molecular flexibility index (Phi) is 5.18. The van der Waals surface area contributed by atoms with Gasteiger partial charge in [-0.2, -0.15) is 0 Å². The van der Waals surface area contributed by atoms with Gasteiger partial charge in [0.15, 0.2) is 23.9 Å². The second-order valence-electron chi connectivity index (χ2n) is 4.10. The maximum atomic E-state index is 12.0. The molecule has 0 radical (unpaired) electrons. The Hall–Kier alpha value is -1.81. The van der Waals surface area contributed by atoms with Gasteiger partial charge in [0.05, 0.1) is 6.61 Å². The predicted molar refractivity (Wildman–Crippen MR) is 81.6 cm³/mol. The van der Waals surface area contributed by atoms with Crippen molar-refractivity contribution >= 4 is 21.7 Å². The minimum Gasteiger partial charge on any atom is -0.490 e. The Morgan fingerprint density at radius 2 is 1.60 bits per heavy atom. The molecule has 0 aliphatic rings. The van der Waals surface area contributed by atoms with Gasteiger partial charge in [-0.3, -0.25) is 4.79 Å². The molecule has 0 spiro atoms. The third-order valence-electron chi connectivity index (χ3n) is 2.67. The van der Waals surface area contributed by atoms with E-state index in [-0.39, 0.29) is 12.4 Å². The van der Waals surface area contributed by atoms with E-state index in [0.717, 1.165) is 4.47 Å². The second kappa shape index (κ2) is 7.10. The van der Waals surface area contributed by atoms with Gasteiger partial charge in [0.25, 0.3) is 0 Å². The van der Waals surface area contributed by atoms with Gasteiger partial charge < -0.3 is 9.47 Å². The second-order valence-corrected chi connectivity index (χ2v) is 5.01. The Labute approximate surface area is 126 Å². The van der Waals surface area contributed by atoms with Crippen molar-refractivity contribution in [2.75, 3.05) is 13.2 Å². The number of halogens is 1. The summed E-state index contributed by atoms with van der Waals surface area (Å²) in [6, 6.07) is 14.5. The van der Waals surface area contributed by atoms with Gasteiger partial charge in [0, 0.05) is 10.0 Å². The Morgan fingerprint density at radius 3 is 2.20 bits per heavy atom. The summed E-state index contributed by atoms with van der Waals surface area (Å²) < 4.78 is 11.9. The minimum absolute atomic E-state index is 0.00821. The monoisotopic (exact) mass is 334 g/mol. The van der Waals surface area contributed by atoms with Crippen LogP contribution in [0.4, 0.5) is 0 Å². The molecule has 2 aromatic rings. The zero-order chi connectivity index (χ0) is 14.4. The average molecular weight is 335 g/mol. The molecule has 104 valence electrons. The lowest BCUT2D eigenvalue weighted by Gasteiger charge is -2.11.